The Morgan fingerprint density at radius 2 is 1.96 bits per heavy atom. The Balaban J connectivity index is 2.25. The molecule has 0 radical (unpaired) electrons. The topological polar surface area (TPSA) is 55.8 Å². The lowest BCUT2D eigenvalue weighted by molar-refractivity contribution is 0.0501. The van der Waals surface area contributed by atoms with Crippen LogP contribution in [0, 0.1) is 6.92 Å². The van der Waals surface area contributed by atoms with Gasteiger partial charge < -0.3 is 14.6 Å². The van der Waals surface area contributed by atoms with Crippen molar-refractivity contribution in [1.29, 1.82) is 0 Å². The number of ether oxygens (including phenoxy) is 2. The minimum Gasteiger partial charge on any atom is -0.478 e. The highest BCUT2D eigenvalue weighted by Gasteiger charge is 2.12. The van der Waals surface area contributed by atoms with Crippen molar-refractivity contribution < 1.29 is 19.4 Å². The van der Waals surface area contributed by atoms with E-state index < -0.39 is 5.97 Å². The number of rotatable bonds is 7. The van der Waals surface area contributed by atoms with Gasteiger partial charge in [0.1, 0.15) is 5.75 Å². The number of carboxylic acid groups (broad SMARTS) is 1. The molecule has 0 aromatic heterocycles. The van der Waals surface area contributed by atoms with Crippen LogP contribution >= 0.6 is 0 Å². The monoisotopic (exact) mass is 312 g/mol. The maximum Gasteiger partial charge on any atom is 0.335 e. The second-order valence-electron chi connectivity index (χ2n) is 5.14. The van der Waals surface area contributed by atoms with Gasteiger partial charge in [0, 0.05) is 12.7 Å². The number of carbonyl (C=O) groups is 1. The van der Waals surface area contributed by atoms with E-state index in [9.17, 15) is 9.90 Å². The molecule has 4 nitrogen and oxygen atoms in total. The van der Waals surface area contributed by atoms with Crippen molar-refractivity contribution in [3.8, 4) is 5.75 Å². The molecule has 0 unspecified atom stereocenters. The molecule has 0 aliphatic carbocycles. The van der Waals surface area contributed by atoms with E-state index in [0.29, 0.717) is 12.2 Å². The maximum absolute atomic E-state index is 11.2. The molecule has 2 rings (SSSR count). The summed E-state index contributed by atoms with van der Waals surface area (Å²) in [4.78, 5) is 11.2. The van der Waals surface area contributed by atoms with Crippen LogP contribution in [-0.2, 0) is 11.2 Å². The predicted octanol–water partition coefficient (Wildman–Crippen LogP) is 3.93. The number of carboxylic acids is 1. The first-order valence-corrected chi connectivity index (χ1v) is 7.32. The number of methoxy groups -OCH3 is 1. The van der Waals surface area contributed by atoms with E-state index in [1.165, 1.54) is 7.11 Å². The molecule has 0 aliphatic rings. The summed E-state index contributed by atoms with van der Waals surface area (Å²) in [5.74, 6) is -0.427. The van der Waals surface area contributed by atoms with E-state index in [-0.39, 0.29) is 12.4 Å². The number of benzene rings is 2. The van der Waals surface area contributed by atoms with E-state index in [1.54, 1.807) is 12.1 Å². The Kier molecular flexibility index (Phi) is 5.94. The molecule has 23 heavy (non-hydrogen) atoms. The van der Waals surface area contributed by atoms with E-state index >= 15 is 0 Å². The third-order valence-electron chi connectivity index (χ3n) is 3.44. The summed E-state index contributed by atoms with van der Waals surface area (Å²) in [5, 5.41) is 9.17. The van der Waals surface area contributed by atoms with Gasteiger partial charge in [-0.25, -0.2) is 4.79 Å². The molecular formula is C19H20O4. The Hall–Kier alpha value is -2.59. The summed E-state index contributed by atoms with van der Waals surface area (Å²) in [7, 11) is 1.53. The third-order valence-corrected chi connectivity index (χ3v) is 3.44. The fourth-order valence-corrected chi connectivity index (χ4v) is 2.30. The molecule has 0 saturated carbocycles. The van der Waals surface area contributed by atoms with Crippen LogP contribution in [0.3, 0.4) is 0 Å². The van der Waals surface area contributed by atoms with Gasteiger partial charge in [-0.15, -0.1) is 0 Å². The average molecular weight is 312 g/mol. The van der Waals surface area contributed by atoms with Gasteiger partial charge in [-0.3, -0.25) is 0 Å². The van der Waals surface area contributed by atoms with Gasteiger partial charge in [0.05, 0.1) is 5.56 Å². The zero-order valence-corrected chi connectivity index (χ0v) is 13.3. The van der Waals surface area contributed by atoms with Gasteiger partial charge >= 0.3 is 5.97 Å². The fourth-order valence-electron chi connectivity index (χ4n) is 2.30. The van der Waals surface area contributed by atoms with Crippen molar-refractivity contribution in [3.05, 3.63) is 70.8 Å². The van der Waals surface area contributed by atoms with Crippen molar-refractivity contribution in [3.63, 3.8) is 0 Å². The van der Waals surface area contributed by atoms with Gasteiger partial charge in [-0.05, 0) is 36.6 Å². The van der Waals surface area contributed by atoms with Crippen LogP contribution in [0.4, 0.5) is 0 Å². The van der Waals surface area contributed by atoms with Gasteiger partial charge in [0.2, 0.25) is 0 Å². The zero-order valence-electron chi connectivity index (χ0n) is 13.3. The largest absolute Gasteiger partial charge is 0.478 e. The Morgan fingerprint density at radius 3 is 2.61 bits per heavy atom. The number of aromatic carboxylic acids is 1. The molecule has 2 aromatic carbocycles. The van der Waals surface area contributed by atoms with Crippen LogP contribution in [0.1, 0.15) is 27.0 Å². The summed E-state index contributed by atoms with van der Waals surface area (Å²) in [6, 6.07) is 13.2. The second-order valence-corrected chi connectivity index (χ2v) is 5.14. The van der Waals surface area contributed by atoms with Crippen molar-refractivity contribution >= 4 is 12.0 Å². The Labute approximate surface area is 136 Å². The van der Waals surface area contributed by atoms with E-state index in [1.807, 2.05) is 49.4 Å². The number of hydrogen-bond donors (Lipinski definition) is 1. The molecular weight excluding hydrogens is 292 g/mol. The lowest BCUT2D eigenvalue weighted by Crippen LogP contribution is -2.06. The predicted molar refractivity (Wildman–Crippen MR) is 89.8 cm³/mol. The van der Waals surface area contributed by atoms with Crippen molar-refractivity contribution in [2.24, 2.45) is 0 Å². The standard InChI is InChI=1S/C19H20O4/c1-14-11-16(19(20)21)12-18(23-13-22-2)17(14)10-6-9-15-7-4-3-5-8-15/h3-9,11-12H,10,13H2,1-2H3,(H,20,21)/b9-6+. The van der Waals surface area contributed by atoms with Gasteiger partial charge in [-0.1, -0.05) is 42.5 Å². The quantitative estimate of drug-likeness (QED) is 0.787. The molecule has 0 amide bonds. The minimum atomic E-state index is -0.971. The normalized spacial score (nSPS) is 10.9. The fraction of sp³-hybridized carbons (Fsp3) is 0.211. The van der Waals surface area contributed by atoms with Gasteiger partial charge in [0.25, 0.3) is 0 Å². The smallest absolute Gasteiger partial charge is 0.335 e. The summed E-state index contributed by atoms with van der Waals surface area (Å²) in [5.41, 5.74) is 3.17. The highest BCUT2D eigenvalue weighted by Crippen LogP contribution is 2.26. The van der Waals surface area contributed by atoms with Crippen LogP contribution in [0.2, 0.25) is 0 Å². The molecule has 2 aromatic rings. The van der Waals surface area contributed by atoms with Crippen molar-refractivity contribution in [2.45, 2.75) is 13.3 Å². The molecule has 0 saturated heterocycles. The second kappa shape index (κ2) is 8.15. The third kappa shape index (κ3) is 4.69. The average Bonchev–Trinajstić information content (AvgIpc) is 2.55. The molecule has 0 heterocycles. The Morgan fingerprint density at radius 1 is 1.22 bits per heavy atom. The first-order valence-electron chi connectivity index (χ1n) is 7.32. The summed E-state index contributed by atoms with van der Waals surface area (Å²) in [6.45, 7) is 1.97. The summed E-state index contributed by atoms with van der Waals surface area (Å²) in [6.07, 6.45) is 4.72. The molecule has 4 heteroatoms. The van der Waals surface area contributed by atoms with E-state index in [2.05, 4.69) is 0 Å². The molecule has 0 aliphatic heterocycles. The highest BCUT2D eigenvalue weighted by atomic mass is 16.7. The number of allylic oxidation sites excluding steroid dienone is 1. The summed E-state index contributed by atoms with van der Waals surface area (Å²) >= 11 is 0. The van der Waals surface area contributed by atoms with E-state index in [4.69, 9.17) is 9.47 Å². The van der Waals surface area contributed by atoms with Gasteiger partial charge in [0.15, 0.2) is 6.79 Å². The lowest BCUT2D eigenvalue weighted by atomic mass is 10.0. The molecule has 0 fully saturated rings. The minimum absolute atomic E-state index is 0.0813. The first-order chi connectivity index (χ1) is 11.1. The number of aryl methyl sites for hydroxylation is 1. The molecule has 0 spiro atoms. The van der Waals surface area contributed by atoms with Gasteiger partial charge in [-0.2, -0.15) is 0 Å². The molecule has 0 atom stereocenters. The first kappa shape index (κ1) is 16.8. The lowest BCUT2D eigenvalue weighted by Gasteiger charge is -2.13. The van der Waals surface area contributed by atoms with Crippen LogP contribution in [0.15, 0.2) is 48.5 Å². The van der Waals surface area contributed by atoms with E-state index in [0.717, 1.165) is 16.7 Å². The van der Waals surface area contributed by atoms with Crippen LogP contribution in [0.25, 0.3) is 6.08 Å². The highest BCUT2D eigenvalue weighted by molar-refractivity contribution is 5.88. The van der Waals surface area contributed by atoms with Crippen molar-refractivity contribution in [1.82, 2.24) is 0 Å². The van der Waals surface area contributed by atoms with Crippen molar-refractivity contribution in [2.75, 3.05) is 13.9 Å². The molecule has 1 N–H and O–H groups in total. The SMILES string of the molecule is COCOc1cc(C(=O)O)cc(C)c1C/C=C/c1ccccc1. The zero-order chi connectivity index (χ0) is 16.7. The summed E-state index contributed by atoms with van der Waals surface area (Å²) < 4.78 is 10.5. The maximum atomic E-state index is 11.2. The van der Waals surface area contributed by atoms with Crippen LogP contribution in [-0.4, -0.2) is 25.0 Å². The molecule has 120 valence electrons. The Bertz CT molecular complexity index is 690. The van der Waals surface area contributed by atoms with Crippen LogP contribution < -0.4 is 4.74 Å². The molecule has 0 bridgehead atoms. The number of hydrogen-bond acceptors (Lipinski definition) is 3. The van der Waals surface area contributed by atoms with Crippen LogP contribution in [0.5, 0.6) is 5.75 Å².